The van der Waals surface area contributed by atoms with Crippen LogP contribution >= 0.6 is 11.8 Å². The second-order valence-corrected chi connectivity index (χ2v) is 6.51. The first kappa shape index (κ1) is 13.4. The molecule has 1 atom stereocenters. The quantitative estimate of drug-likeness (QED) is 0.853. The normalized spacial score (nSPS) is 19.1. The molecule has 1 saturated heterocycles. The van der Waals surface area contributed by atoms with Crippen LogP contribution in [0.15, 0.2) is 28.7 Å². The minimum Gasteiger partial charge on any atom is -0.451 e. The average Bonchev–Trinajstić information content (AvgIpc) is 2.89. The van der Waals surface area contributed by atoms with E-state index in [1.165, 1.54) is 25.0 Å². The van der Waals surface area contributed by atoms with Gasteiger partial charge in [0.2, 0.25) is 0 Å². The molecule has 1 aliphatic rings. The predicted molar refractivity (Wildman–Crippen MR) is 83.1 cm³/mol. The molecule has 1 amide bonds. The standard InChI is InChI=1S/C15H18N2O2S/c16-11-4-5-13-10(7-11)8-14(19-13)15(18)17-9-12-3-1-2-6-20-12/h4-5,7-8,12H,1-3,6,9,16H2,(H,17,18). The van der Waals surface area contributed by atoms with Crippen molar-refractivity contribution < 1.29 is 9.21 Å². The van der Waals surface area contributed by atoms with Gasteiger partial charge in [0.05, 0.1) is 0 Å². The van der Waals surface area contributed by atoms with Gasteiger partial charge in [-0.05, 0) is 42.9 Å². The number of hydrogen-bond acceptors (Lipinski definition) is 4. The zero-order valence-corrected chi connectivity index (χ0v) is 12.0. The lowest BCUT2D eigenvalue weighted by molar-refractivity contribution is 0.0928. The van der Waals surface area contributed by atoms with Crippen molar-refractivity contribution in [2.24, 2.45) is 0 Å². The molecule has 20 heavy (non-hydrogen) atoms. The van der Waals surface area contributed by atoms with Crippen molar-refractivity contribution in [3.63, 3.8) is 0 Å². The van der Waals surface area contributed by atoms with E-state index in [1.807, 2.05) is 17.8 Å². The zero-order chi connectivity index (χ0) is 13.9. The summed E-state index contributed by atoms with van der Waals surface area (Å²) in [6.07, 6.45) is 3.74. The van der Waals surface area contributed by atoms with Crippen LogP contribution in [0, 0.1) is 0 Å². The van der Waals surface area contributed by atoms with E-state index < -0.39 is 0 Å². The zero-order valence-electron chi connectivity index (χ0n) is 11.2. The maximum absolute atomic E-state index is 12.1. The third kappa shape index (κ3) is 2.93. The number of nitrogens with two attached hydrogens (primary N) is 1. The Balaban J connectivity index is 1.65. The van der Waals surface area contributed by atoms with Crippen LogP contribution in [0.3, 0.4) is 0 Å². The Bertz CT molecular complexity index is 617. The van der Waals surface area contributed by atoms with Gasteiger partial charge in [-0.25, -0.2) is 0 Å². The fraction of sp³-hybridized carbons (Fsp3) is 0.400. The Kier molecular flexibility index (Phi) is 3.87. The van der Waals surface area contributed by atoms with E-state index in [9.17, 15) is 4.79 Å². The maximum atomic E-state index is 12.1. The number of fused-ring (bicyclic) bond motifs is 1. The number of furan rings is 1. The number of rotatable bonds is 3. The second kappa shape index (κ2) is 5.79. The Hall–Kier alpha value is -1.62. The van der Waals surface area contributed by atoms with Crippen molar-refractivity contribution in [1.29, 1.82) is 0 Å². The van der Waals surface area contributed by atoms with Crippen molar-refractivity contribution >= 4 is 34.3 Å². The minimum atomic E-state index is -0.147. The number of anilines is 1. The number of carbonyl (C=O) groups is 1. The van der Waals surface area contributed by atoms with E-state index in [-0.39, 0.29) is 5.91 Å². The highest BCUT2D eigenvalue weighted by Gasteiger charge is 2.17. The van der Waals surface area contributed by atoms with Gasteiger partial charge >= 0.3 is 0 Å². The van der Waals surface area contributed by atoms with Gasteiger partial charge in [0.15, 0.2) is 5.76 Å². The first-order valence-electron chi connectivity index (χ1n) is 6.91. The van der Waals surface area contributed by atoms with Crippen molar-refractivity contribution in [3.05, 3.63) is 30.0 Å². The minimum absolute atomic E-state index is 0.147. The summed E-state index contributed by atoms with van der Waals surface area (Å²) < 4.78 is 5.55. The number of benzene rings is 1. The second-order valence-electron chi connectivity index (χ2n) is 5.11. The van der Waals surface area contributed by atoms with Crippen molar-refractivity contribution in [3.8, 4) is 0 Å². The molecule has 1 fully saturated rings. The van der Waals surface area contributed by atoms with Crippen molar-refractivity contribution in [2.45, 2.75) is 24.5 Å². The Morgan fingerprint density at radius 3 is 3.10 bits per heavy atom. The molecule has 0 saturated carbocycles. The van der Waals surface area contributed by atoms with E-state index in [0.29, 0.717) is 28.8 Å². The number of hydrogen-bond donors (Lipinski definition) is 2. The van der Waals surface area contributed by atoms with Crippen LogP contribution in [0.5, 0.6) is 0 Å². The summed E-state index contributed by atoms with van der Waals surface area (Å²) in [5, 5.41) is 4.36. The molecule has 1 unspecified atom stereocenters. The van der Waals surface area contributed by atoms with Crippen LogP contribution < -0.4 is 11.1 Å². The molecule has 1 aromatic heterocycles. The summed E-state index contributed by atoms with van der Waals surface area (Å²) in [5.41, 5.74) is 7.08. The van der Waals surface area contributed by atoms with Gasteiger partial charge in [0.1, 0.15) is 5.58 Å². The van der Waals surface area contributed by atoms with Crippen LogP contribution in [0.2, 0.25) is 0 Å². The molecule has 1 aliphatic heterocycles. The summed E-state index contributed by atoms with van der Waals surface area (Å²) in [4.78, 5) is 12.1. The first-order chi connectivity index (χ1) is 9.72. The molecular weight excluding hydrogens is 272 g/mol. The van der Waals surface area contributed by atoms with E-state index in [4.69, 9.17) is 10.2 Å². The van der Waals surface area contributed by atoms with Gasteiger partial charge in [-0.15, -0.1) is 0 Å². The fourth-order valence-electron chi connectivity index (χ4n) is 2.44. The molecule has 0 bridgehead atoms. The highest BCUT2D eigenvalue weighted by Crippen LogP contribution is 2.25. The summed E-state index contributed by atoms with van der Waals surface area (Å²) >= 11 is 1.95. The molecule has 2 heterocycles. The van der Waals surface area contributed by atoms with E-state index in [1.54, 1.807) is 18.2 Å². The van der Waals surface area contributed by atoms with Gasteiger partial charge in [-0.3, -0.25) is 4.79 Å². The third-order valence-corrected chi connectivity index (χ3v) is 4.93. The van der Waals surface area contributed by atoms with Gasteiger partial charge < -0.3 is 15.5 Å². The van der Waals surface area contributed by atoms with Crippen molar-refractivity contribution in [2.75, 3.05) is 18.0 Å². The van der Waals surface area contributed by atoms with Crippen LogP contribution in [0.25, 0.3) is 11.0 Å². The molecule has 3 N–H and O–H groups in total. The summed E-state index contributed by atoms with van der Waals surface area (Å²) in [6, 6.07) is 7.12. The van der Waals surface area contributed by atoms with E-state index >= 15 is 0 Å². The van der Waals surface area contributed by atoms with E-state index in [0.717, 1.165) is 5.39 Å². The lowest BCUT2D eigenvalue weighted by Gasteiger charge is -2.21. The summed E-state index contributed by atoms with van der Waals surface area (Å²) in [6.45, 7) is 0.711. The molecular formula is C15H18N2O2S. The number of thioether (sulfide) groups is 1. The number of amides is 1. The first-order valence-corrected chi connectivity index (χ1v) is 7.96. The largest absolute Gasteiger partial charge is 0.451 e. The van der Waals surface area contributed by atoms with Gasteiger partial charge in [-0.2, -0.15) is 11.8 Å². The number of nitrogen functional groups attached to an aromatic ring is 1. The Morgan fingerprint density at radius 1 is 1.40 bits per heavy atom. The molecule has 0 aliphatic carbocycles. The Labute approximate surface area is 122 Å². The molecule has 0 radical (unpaired) electrons. The topological polar surface area (TPSA) is 68.3 Å². The van der Waals surface area contributed by atoms with Crippen LogP contribution in [0.4, 0.5) is 5.69 Å². The van der Waals surface area contributed by atoms with Crippen molar-refractivity contribution in [1.82, 2.24) is 5.32 Å². The van der Waals surface area contributed by atoms with Crippen LogP contribution in [-0.4, -0.2) is 23.5 Å². The average molecular weight is 290 g/mol. The molecule has 5 heteroatoms. The molecule has 3 rings (SSSR count). The number of carbonyl (C=O) groups excluding carboxylic acids is 1. The molecule has 2 aromatic rings. The maximum Gasteiger partial charge on any atom is 0.287 e. The molecule has 106 valence electrons. The fourth-order valence-corrected chi connectivity index (χ4v) is 3.67. The van der Waals surface area contributed by atoms with Gasteiger partial charge in [0.25, 0.3) is 5.91 Å². The third-order valence-electron chi connectivity index (χ3n) is 3.53. The Morgan fingerprint density at radius 2 is 2.30 bits per heavy atom. The SMILES string of the molecule is Nc1ccc2oc(C(=O)NCC3CCCCS3)cc2c1. The number of nitrogens with one attached hydrogen (secondary N) is 1. The van der Waals surface area contributed by atoms with Crippen LogP contribution in [0.1, 0.15) is 29.8 Å². The molecule has 0 spiro atoms. The molecule has 4 nitrogen and oxygen atoms in total. The van der Waals surface area contributed by atoms with Crippen LogP contribution in [-0.2, 0) is 0 Å². The lowest BCUT2D eigenvalue weighted by Crippen LogP contribution is -2.31. The predicted octanol–water partition coefficient (Wildman–Crippen LogP) is 3.03. The summed E-state index contributed by atoms with van der Waals surface area (Å²) in [5.74, 6) is 1.40. The monoisotopic (exact) mass is 290 g/mol. The highest BCUT2D eigenvalue weighted by molar-refractivity contribution is 7.99. The van der Waals surface area contributed by atoms with Gasteiger partial charge in [-0.1, -0.05) is 6.42 Å². The van der Waals surface area contributed by atoms with Gasteiger partial charge in [0, 0.05) is 22.9 Å². The highest BCUT2D eigenvalue weighted by atomic mass is 32.2. The van der Waals surface area contributed by atoms with E-state index in [2.05, 4.69) is 5.32 Å². The summed E-state index contributed by atoms with van der Waals surface area (Å²) in [7, 11) is 0. The smallest absolute Gasteiger partial charge is 0.287 e. The lowest BCUT2D eigenvalue weighted by atomic mass is 10.2. The molecule has 1 aromatic carbocycles.